The second kappa shape index (κ2) is 6.52. The fraction of sp³-hybridized carbons (Fsp3) is 0.400. The zero-order chi connectivity index (χ0) is 18.3. The average molecular weight is 350 g/mol. The number of Topliss-reactive ketones (excluding diaryl/α,β-unsaturated/α-hetero) is 1. The van der Waals surface area contributed by atoms with Gasteiger partial charge in [-0.1, -0.05) is 31.1 Å². The van der Waals surface area contributed by atoms with Crippen LogP contribution in [0.2, 0.25) is 0 Å². The van der Waals surface area contributed by atoms with Crippen LogP contribution in [-0.4, -0.2) is 26.1 Å². The van der Waals surface area contributed by atoms with Crippen LogP contribution in [0.25, 0.3) is 11.4 Å². The molecule has 1 N–H and O–H groups in total. The van der Waals surface area contributed by atoms with Crippen LogP contribution in [0.1, 0.15) is 71.6 Å². The molecular formula is C20H22N4O2. The third-order valence-electron chi connectivity index (χ3n) is 5.10. The van der Waals surface area contributed by atoms with Gasteiger partial charge in [-0.25, -0.2) is 0 Å². The summed E-state index contributed by atoms with van der Waals surface area (Å²) in [6, 6.07) is 6.28. The molecule has 2 heterocycles. The fourth-order valence-corrected chi connectivity index (χ4v) is 3.61. The van der Waals surface area contributed by atoms with Crippen molar-refractivity contribution in [1.82, 2.24) is 20.3 Å². The fourth-order valence-electron chi connectivity index (χ4n) is 3.61. The van der Waals surface area contributed by atoms with E-state index in [1.807, 2.05) is 26.8 Å². The van der Waals surface area contributed by atoms with Crippen molar-refractivity contribution in [1.29, 1.82) is 0 Å². The number of nitrogens with zero attached hydrogens (tertiary/aromatic N) is 3. The van der Waals surface area contributed by atoms with Crippen molar-refractivity contribution in [3.8, 4) is 11.4 Å². The normalized spacial score (nSPS) is 16.2. The summed E-state index contributed by atoms with van der Waals surface area (Å²) < 4.78 is 5.31. The molecule has 2 aromatic heterocycles. The Bertz CT molecular complexity index is 954. The predicted octanol–water partition coefficient (Wildman–Crippen LogP) is 4.19. The van der Waals surface area contributed by atoms with Crippen molar-refractivity contribution in [3.63, 3.8) is 0 Å². The summed E-state index contributed by atoms with van der Waals surface area (Å²) in [5, 5.41) is 10.9. The lowest BCUT2D eigenvalue weighted by Gasteiger charge is -2.11. The van der Waals surface area contributed by atoms with Gasteiger partial charge in [-0.3, -0.25) is 9.89 Å². The highest BCUT2D eigenvalue weighted by Gasteiger charge is 2.26. The first-order valence-electron chi connectivity index (χ1n) is 9.03. The van der Waals surface area contributed by atoms with Crippen molar-refractivity contribution in [2.45, 2.75) is 51.9 Å². The number of benzene rings is 1. The van der Waals surface area contributed by atoms with Crippen molar-refractivity contribution in [2.24, 2.45) is 0 Å². The largest absolute Gasteiger partial charge is 0.339 e. The van der Waals surface area contributed by atoms with E-state index in [-0.39, 0.29) is 17.6 Å². The van der Waals surface area contributed by atoms with Gasteiger partial charge in [0.05, 0.1) is 11.8 Å². The summed E-state index contributed by atoms with van der Waals surface area (Å²) in [6.45, 7) is 5.94. The molecule has 1 aliphatic carbocycles. The predicted molar refractivity (Wildman–Crippen MR) is 97.2 cm³/mol. The molecule has 1 aliphatic rings. The van der Waals surface area contributed by atoms with Crippen LogP contribution in [0.5, 0.6) is 0 Å². The van der Waals surface area contributed by atoms with Crippen LogP contribution in [0.3, 0.4) is 0 Å². The molecule has 6 heteroatoms. The van der Waals surface area contributed by atoms with Gasteiger partial charge in [0.25, 0.3) is 0 Å². The van der Waals surface area contributed by atoms with Gasteiger partial charge in [0, 0.05) is 23.6 Å². The molecule has 6 nitrogen and oxygen atoms in total. The molecule has 1 atom stereocenters. The minimum atomic E-state index is 0.151. The van der Waals surface area contributed by atoms with E-state index in [0.29, 0.717) is 23.7 Å². The lowest BCUT2D eigenvalue weighted by atomic mass is 9.93. The molecule has 0 aliphatic heterocycles. The summed E-state index contributed by atoms with van der Waals surface area (Å²) in [6.07, 6.45) is 4.11. The Kier molecular flexibility index (Phi) is 4.18. The molecule has 3 aromatic rings. The molecule has 0 bridgehead atoms. The van der Waals surface area contributed by atoms with Crippen molar-refractivity contribution < 1.29 is 9.32 Å². The van der Waals surface area contributed by atoms with Crippen LogP contribution < -0.4 is 0 Å². The van der Waals surface area contributed by atoms with Gasteiger partial charge in [0.1, 0.15) is 0 Å². The molecule has 0 radical (unpaired) electrons. The number of carbonyl (C=O) groups excluding carboxylic acids is 1. The van der Waals surface area contributed by atoms with Crippen LogP contribution in [-0.2, 0) is 6.42 Å². The van der Waals surface area contributed by atoms with Gasteiger partial charge in [-0.05, 0) is 42.9 Å². The lowest BCUT2D eigenvalue weighted by Crippen LogP contribution is -2.06. The number of ketones is 1. The highest BCUT2D eigenvalue weighted by atomic mass is 16.5. The van der Waals surface area contributed by atoms with E-state index < -0.39 is 0 Å². The summed E-state index contributed by atoms with van der Waals surface area (Å²) in [7, 11) is 0. The molecule has 0 spiro atoms. The molecule has 0 fully saturated rings. The zero-order valence-corrected chi connectivity index (χ0v) is 15.2. The number of rotatable bonds is 5. The Morgan fingerprint density at radius 1 is 1.38 bits per heavy atom. The van der Waals surface area contributed by atoms with Gasteiger partial charge >= 0.3 is 0 Å². The molecule has 0 unspecified atom stereocenters. The number of hydrogen-bond acceptors (Lipinski definition) is 5. The van der Waals surface area contributed by atoms with Gasteiger partial charge in [-0.2, -0.15) is 10.1 Å². The Hall–Kier alpha value is -2.76. The van der Waals surface area contributed by atoms with Gasteiger partial charge < -0.3 is 4.52 Å². The van der Waals surface area contributed by atoms with E-state index in [4.69, 9.17) is 4.52 Å². The number of hydrogen-bond donors (Lipinski definition) is 1. The number of fused-ring (bicyclic) bond motifs is 1. The smallest absolute Gasteiger partial charge is 0.229 e. The number of nitrogens with one attached hydrogen (secondary N) is 1. The molecule has 0 amide bonds. The summed E-state index contributed by atoms with van der Waals surface area (Å²) >= 11 is 0. The van der Waals surface area contributed by atoms with Crippen LogP contribution in [0.4, 0.5) is 0 Å². The number of aromatic nitrogens is 4. The Morgan fingerprint density at radius 3 is 2.92 bits per heavy atom. The van der Waals surface area contributed by atoms with E-state index in [1.165, 1.54) is 11.1 Å². The highest BCUT2D eigenvalue weighted by molar-refractivity contribution is 5.97. The number of aryl methyl sites for hydroxylation is 2. The van der Waals surface area contributed by atoms with Crippen LogP contribution in [0.15, 0.2) is 28.9 Å². The van der Waals surface area contributed by atoms with Crippen LogP contribution >= 0.6 is 0 Å². The minimum Gasteiger partial charge on any atom is -0.339 e. The van der Waals surface area contributed by atoms with Crippen molar-refractivity contribution in [3.05, 3.63) is 52.7 Å². The molecular weight excluding hydrogens is 328 g/mol. The number of aromatic amines is 1. The zero-order valence-electron chi connectivity index (χ0n) is 15.2. The van der Waals surface area contributed by atoms with E-state index in [2.05, 4.69) is 32.5 Å². The quantitative estimate of drug-likeness (QED) is 0.697. The SMILES string of the molecule is Cc1[nH]ncc1C(=O)C[C@@H]1CCc2cc(-c3noc(C(C)C)n3)ccc21. The van der Waals surface area contributed by atoms with Gasteiger partial charge in [-0.15, -0.1) is 0 Å². The maximum atomic E-state index is 12.6. The maximum absolute atomic E-state index is 12.6. The van der Waals surface area contributed by atoms with E-state index >= 15 is 0 Å². The topological polar surface area (TPSA) is 84.7 Å². The lowest BCUT2D eigenvalue weighted by molar-refractivity contribution is 0.0973. The first-order valence-corrected chi connectivity index (χ1v) is 9.03. The third-order valence-corrected chi connectivity index (χ3v) is 5.10. The Labute approximate surface area is 152 Å². The molecule has 0 saturated heterocycles. The average Bonchev–Trinajstić information content (AvgIpc) is 3.34. The van der Waals surface area contributed by atoms with Crippen LogP contribution in [0, 0.1) is 6.92 Å². The van der Waals surface area contributed by atoms with Crippen molar-refractivity contribution >= 4 is 5.78 Å². The number of carbonyl (C=O) groups is 1. The monoisotopic (exact) mass is 350 g/mol. The number of H-pyrrole nitrogens is 1. The molecule has 1 aromatic carbocycles. The standard InChI is InChI=1S/C20H22N4O2/c1-11(2)20-22-19(24-26-20)15-6-7-16-13(8-15)4-5-14(16)9-18(25)17-10-21-23-12(17)3/h6-8,10-11,14H,4-5,9H2,1-3H3,(H,21,23)/t14-/m0/s1. The van der Waals surface area contributed by atoms with E-state index in [0.717, 1.165) is 24.1 Å². The molecule has 134 valence electrons. The minimum absolute atomic E-state index is 0.151. The Morgan fingerprint density at radius 2 is 2.23 bits per heavy atom. The van der Waals surface area contributed by atoms with E-state index in [9.17, 15) is 4.79 Å². The van der Waals surface area contributed by atoms with E-state index in [1.54, 1.807) is 6.20 Å². The third kappa shape index (κ3) is 2.96. The first-order chi connectivity index (χ1) is 12.5. The van der Waals surface area contributed by atoms with Crippen molar-refractivity contribution in [2.75, 3.05) is 0 Å². The summed E-state index contributed by atoms with van der Waals surface area (Å²) in [5.41, 5.74) is 5.04. The van der Waals surface area contributed by atoms with Gasteiger partial charge in [0.15, 0.2) is 5.78 Å². The maximum Gasteiger partial charge on any atom is 0.229 e. The first kappa shape index (κ1) is 16.7. The molecule has 0 saturated carbocycles. The summed E-state index contributed by atoms with van der Waals surface area (Å²) in [5.74, 6) is 1.91. The second-order valence-corrected chi connectivity index (χ2v) is 7.30. The van der Waals surface area contributed by atoms with Gasteiger partial charge in [0.2, 0.25) is 11.7 Å². The molecule has 4 rings (SSSR count). The Balaban J connectivity index is 1.54. The molecule has 26 heavy (non-hydrogen) atoms. The summed E-state index contributed by atoms with van der Waals surface area (Å²) in [4.78, 5) is 17.0. The second-order valence-electron chi connectivity index (χ2n) is 7.30. The highest BCUT2D eigenvalue weighted by Crippen LogP contribution is 2.38.